The van der Waals surface area contributed by atoms with Gasteiger partial charge in [0.15, 0.2) is 0 Å². The number of aryl methyl sites for hydroxylation is 1. The van der Waals surface area contributed by atoms with Crippen LogP contribution in [0.2, 0.25) is 0 Å². The summed E-state index contributed by atoms with van der Waals surface area (Å²) in [5.74, 6) is 0.879. The standard InChI is InChI=1S/C17H20FN3O2/c1-20-16(6-9-19-20)17(22)21-10-7-13(12-21)8-11-23-15-4-2-14(18)3-5-15/h2-6,9,13H,7-8,10-12H2,1H3. The zero-order valence-electron chi connectivity index (χ0n) is 13.1. The Labute approximate surface area is 134 Å². The fourth-order valence-electron chi connectivity index (χ4n) is 2.87. The third-order valence-electron chi connectivity index (χ3n) is 4.22. The maximum Gasteiger partial charge on any atom is 0.272 e. The first kappa shape index (κ1) is 15.5. The Morgan fingerprint density at radius 1 is 1.35 bits per heavy atom. The number of hydrogen-bond acceptors (Lipinski definition) is 3. The van der Waals surface area contributed by atoms with E-state index >= 15 is 0 Å². The third-order valence-corrected chi connectivity index (χ3v) is 4.22. The van der Waals surface area contributed by atoms with Crippen molar-refractivity contribution in [3.63, 3.8) is 0 Å². The average Bonchev–Trinajstić information content (AvgIpc) is 3.18. The van der Waals surface area contributed by atoms with Gasteiger partial charge >= 0.3 is 0 Å². The average molecular weight is 317 g/mol. The van der Waals surface area contributed by atoms with Gasteiger partial charge in [-0.15, -0.1) is 0 Å². The van der Waals surface area contributed by atoms with Crippen LogP contribution in [0.15, 0.2) is 36.5 Å². The van der Waals surface area contributed by atoms with Crippen molar-refractivity contribution in [3.05, 3.63) is 48.0 Å². The van der Waals surface area contributed by atoms with E-state index in [-0.39, 0.29) is 11.7 Å². The summed E-state index contributed by atoms with van der Waals surface area (Å²) in [5, 5.41) is 4.04. The number of nitrogens with zero attached hydrogens (tertiary/aromatic N) is 3. The molecule has 122 valence electrons. The molecule has 1 unspecified atom stereocenters. The second kappa shape index (κ2) is 6.81. The predicted octanol–water partition coefficient (Wildman–Crippen LogP) is 2.49. The molecule has 5 nitrogen and oxygen atoms in total. The van der Waals surface area contributed by atoms with Crippen molar-refractivity contribution in [1.29, 1.82) is 0 Å². The molecule has 0 N–H and O–H groups in total. The lowest BCUT2D eigenvalue weighted by molar-refractivity contribution is 0.0774. The SMILES string of the molecule is Cn1nccc1C(=O)N1CCC(CCOc2ccc(F)cc2)C1. The van der Waals surface area contributed by atoms with Crippen molar-refractivity contribution < 1.29 is 13.9 Å². The molecule has 6 heteroatoms. The number of amides is 1. The van der Waals surface area contributed by atoms with Gasteiger partial charge in [-0.25, -0.2) is 4.39 Å². The summed E-state index contributed by atoms with van der Waals surface area (Å²) in [5.41, 5.74) is 0.619. The first-order valence-corrected chi connectivity index (χ1v) is 7.79. The quantitative estimate of drug-likeness (QED) is 0.851. The Kier molecular flexibility index (Phi) is 4.60. The van der Waals surface area contributed by atoms with E-state index in [9.17, 15) is 9.18 Å². The van der Waals surface area contributed by atoms with Gasteiger partial charge < -0.3 is 9.64 Å². The smallest absolute Gasteiger partial charge is 0.272 e. The van der Waals surface area contributed by atoms with E-state index < -0.39 is 0 Å². The fraction of sp³-hybridized carbons (Fsp3) is 0.412. The first-order valence-electron chi connectivity index (χ1n) is 7.79. The molecule has 3 rings (SSSR count). The lowest BCUT2D eigenvalue weighted by atomic mass is 10.1. The molecule has 1 fully saturated rings. The zero-order valence-corrected chi connectivity index (χ0v) is 13.1. The van der Waals surface area contributed by atoms with Gasteiger partial charge in [-0.3, -0.25) is 9.48 Å². The molecule has 1 amide bonds. The number of rotatable bonds is 5. The van der Waals surface area contributed by atoms with Crippen LogP contribution in [0.1, 0.15) is 23.3 Å². The third kappa shape index (κ3) is 3.70. The second-order valence-electron chi connectivity index (χ2n) is 5.84. The van der Waals surface area contributed by atoms with Crippen molar-refractivity contribution >= 4 is 5.91 Å². The summed E-state index contributed by atoms with van der Waals surface area (Å²) in [7, 11) is 1.78. The molecule has 0 bridgehead atoms. The van der Waals surface area contributed by atoms with Crippen LogP contribution in [0.5, 0.6) is 5.75 Å². The number of halogens is 1. The molecule has 23 heavy (non-hydrogen) atoms. The number of aromatic nitrogens is 2. The van der Waals surface area contributed by atoms with E-state index in [2.05, 4.69) is 5.10 Å². The number of carbonyl (C=O) groups is 1. The maximum atomic E-state index is 12.8. The summed E-state index contributed by atoms with van der Waals surface area (Å²) in [6, 6.07) is 7.77. The summed E-state index contributed by atoms with van der Waals surface area (Å²) in [6.45, 7) is 2.09. The Morgan fingerprint density at radius 3 is 2.83 bits per heavy atom. The molecule has 0 saturated carbocycles. The molecule has 0 spiro atoms. The van der Waals surface area contributed by atoms with E-state index in [1.54, 1.807) is 36.1 Å². The van der Waals surface area contributed by atoms with E-state index in [0.29, 0.717) is 24.0 Å². The number of benzene rings is 1. The van der Waals surface area contributed by atoms with Crippen LogP contribution < -0.4 is 4.74 Å². The van der Waals surface area contributed by atoms with Crippen molar-refractivity contribution in [2.45, 2.75) is 12.8 Å². The van der Waals surface area contributed by atoms with Gasteiger partial charge in [0.1, 0.15) is 17.3 Å². The highest BCUT2D eigenvalue weighted by molar-refractivity contribution is 5.92. The lowest BCUT2D eigenvalue weighted by Crippen LogP contribution is -2.30. The minimum absolute atomic E-state index is 0.0342. The normalized spacial score (nSPS) is 17.5. The molecular weight excluding hydrogens is 297 g/mol. The van der Waals surface area contributed by atoms with Crippen LogP contribution >= 0.6 is 0 Å². The van der Waals surface area contributed by atoms with Crippen molar-refractivity contribution in [2.24, 2.45) is 13.0 Å². The minimum Gasteiger partial charge on any atom is -0.494 e. The minimum atomic E-state index is -0.266. The van der Waals surface area contributed by atoms with Crippen LogP contribution in [0.4, 0.5) is 4.39 Å². The first-order chi connectivity index (χ1) is 11.1. The summed E-state index contributed by atoms with van der Waals surface area (Å²) < 4.78 is 20.0. The van der Waals surface area contributed by atoms with E-state index in [4.69, 9.17) is 4.74 Å². The highest BCUT2D eigenvalue weighted by Gasteiger charge is 2.28. The van der Waals surface area contributed by atoms with Crippen LogP contribution in [-0.2, 0) is 7.05 Å². The fourth-order valence-corrected chi connectivity index (χ4v) is 2.87. The van der Waals surface area contributed by atoms with Gasteiger partial charge in [-0.2, -0.15) is 5.10 Å². The van der Waals surface area contributed by atoms with E-state index in [1.165, 1.54) is 12.1 Å². The molecule has 1 aliphatic heterocycles. The predicted molar refractivity (Wildman–Crippen MR) is 83.7 cm³/mol. The lowest BCUT2D eigenvalue weighted by Gasteiger charge is -2.16. The van der Waals surface area contributed by atoms with Crippen LogP contribution in [-0.4, -0.2) is 40.3 Å². The Bertz CT molecular complexity index is 669. The molecule has 1 aromatic carbocycles. The van der Waals surface area contributed by atoms with Gasteiger partial charge in [0.05, 0.1) is 6.61 Å². The van der Waals surface area contributed by atoms with Gasteiger partial charge in [0.25, 0.3) is 5.91 Å². The molecule has 1 atom stereocenters. The van der Waals surface area contributed by atoms with E-state index in [0.717, 1.165) is 25.9 Å². The summed E-state index contributed by atoms with van der Waals surface area (Å²) >= 11 is 0. The molecule has 2 heterocycles. The van der Waals surface area contributed by atoms with Gasteiger partial charge in [0, 0.05) is 26.3 Å². The number of likely N-dealkylation sites (tertiary alicyclic amines) is 1. The largest absolute Gasteiger partial charge is 0.494 e. The molecule has 1 aromatic heterocycles. The monoisotopic (exact) mass is 317 g/mol. The van der Waals surface area contributed by atoms with Gasteiger partial charge in [-0.1, -0.05) is 0 Å². The topological polar surface area (TPSA) is 47.4 Å². The number of ether oxygens (including phenoxy) is 1. The summed E-state index contributed by atoms with van der Waals surface area (Å²) in [6.07, 6.45) is 3.50. The zero-order chi connectivity index (χ0) is 16.2. The van der Waals surface area contributed by atoms with Crippen LogP contribution in [0, 0.1) is 11.7 Å². The Hall–Kier alpha value is -2.37. The molecule has 1 saturated heterocycles. The molecular formula is C17H20FN3O2. The molecule has 1 aliphatic rings. The van der Waals surface area contributed by atoms with Gasteiger partial charge in [0.2, 0.25) is 0 Å². The molecule has 2 aromatic rings. The van der Waals surface area contributed by atoms with E-state index in [1.807, 2.05) is 4.90 Å². The summed E-state index contributed by atoms with van der Waals surface area (Å²) in [4.78, 5) is 14.3. The number of hydrogen-bond donors (Lipinski definition) is 0. The van der Waals surface area contributed by atoms with Crippen LogP contribution in [0.25, 0.3) is 0 Å². The maximum absolute atomic E-state index is 12.8. The van der Waals surface area contributed by atoms with Crippen molar-refractivity contribution in [1.82, 2.24) is 14.7 Å². The molecule has 0 aliphatic carbocycles. The Balaban J connectivity index is 1.46. The highest BCUT2D eigenvalue weighted by atomic mass is 19.1. The van der Waals surface area contributed by atoms with Crippen LogP contribution in [0.3, 0.4) is 0 Å². The Morgan fingerprint density at radius 2 is 2.13 bits per heavy atom. The number of carbonyl (C=O) groups excluding carboxylic acids is 1. The van der Waals surface area contributed by atoms with Crippen molar-refractivity contribution in [2.75, 3.05) is 19.7 Å². The highest BCUT2D eigenvalue weighted by Crippen LogP contribution is 2.22. The second-order valence-corrected chi connectivity index (χ2v) is 5.84. The van der Waals surface area contributed by atoms with Crippen molar-refractivity contribution in [3.8, 4) is 5.75 Å². The van der Waals surface area contributed by atoms with Gasteiger partial charge in [-0.05, 0) is 49.1 Å². The molecule has 0 radical (unpaired) electrons.